The summed E-state index contributed by atoms with van der Waals surface area (Å²) in [6, 6.07) is 0. The average Bonchev–Trinajstić information content (AvgIpc) is 2.31. The highest BCUT2D eigenvalue weighted by molar-refractivity contribution is 5.74. The highest BCUT2D eigenvalue weighted by Gasteiger charge is 2.30. The van der Waals surface area contributed by atoms with Crippen molar-refractivity contribution in [2.24, 2.45) is 5.41 Å². The molecule has 1 saturated carbocycles. The summed E-state index contributed by atoms with van der Waals surface area (Å²) in [4.78, 5) is 11.8. The van der Waals surface area contributed by atoms with Crippen LogP contribution < -0.4 is 0 Å². The fraction of sp³-hybridized carbons (Fsp3) is 0.933. The molecule has 0 aromatic heterocycles. The van der Waals surface area contributed by atoms with Gasteiger partial charge in [0.2, 0.25) is 0 Å². The van der Waals surface area contributed by atoms with Crippen LogP contribution >= 0.6 is 0 Å². The van der Waals surface area contributed by atoms with E-state index in [1.807, 2.05) is 6.92 Å². The van der Waals surface area contributed by atoms with Crippen molar-refractivity contribution in [2.45, 2.75) is 78.4 Å². The number of hydrogen-bond acceptors (Lipinski definition) is 3. The predicted molar refractivity (Wildman–Crippen MR) is 72.5 cm³/mol. The summed E-state index contributed by atoms with van der Waals surface area (Å²) in [5.74, 6) is -0.191. The van der Waals surface area contributed by atoms with E-state index in [1.165, 1.54) is 12.8 Å². The van der Waals surface area contributed by atoms with Gasteiger partial charge in [-0.15, -0.1) is 0 Å². The highest BCUT2D eigenvalue weighted by Crippen LogP contribution is 2.36. The standard InChI is InChI=1S/C15H28O3/c1-5-7-13(14(16)17-6-2)18-12-8-10-15(3,4)11-9-12/h12-13H,5-11H2,1-4H3. The summed E-state index contributed by atoms with van der Waals surface area (Å²) in [5.41, 5.74) is 0.435. The molecule has 0 radical (unpaired) electrons. The zero-order valence-electron chi connectivity index (χ0n) is 12.3. The van der Waals surface area contributed by atoms with Crippen molar-refractivity contribution >= 4 is 5.97 Å². The Kier molecular flexibility index (Phi) is 6.13. The van der Waals surface area contributed by atoms with E-state index in [0.717, 1.165) is 25.7 Å². The van der Waals surface area contributed by atoms with E-state index in [2.05, 4.69) is 20.8 Å². The van der Waals surface area contributed by atoms with Crippen molar-refractivity contribution in [2.75, 3.05) is 6.61 Å². The summed E-state index contributed by atoms with van der Waals surface area (Å²) >= 11 is 0. The van der Waals surface area contributed by atoms with Crippen molar-refractivity contribution in [3.63, 3.8) is 0 Å². The Morgan fingerprint density at radius 1 is 1.28 bits per heavy atom. The van der Waals surface area contributed by atoms with Crippen LogP contribution in [0.15, 0.2) is 0 Å². The Hall–Kier alpha value is -0.570. The monoisotopic (exact) mass is 256 g/mol. The number of carbonyl (C=O) groups is 1. The van der Waals surface area contributed by atoms with E-state index in [9.17, 15) is 4.79 Å². The topological polar surface area (TPSA) is 35.5 Å². The van der Waals surface area contributed by atoms with E-state index in [-0.39, 0.29) is 18.2 Å². The molecule has 1 aliphatic carbocycles. The van der Waals surface area contributed by atoms with Crippen molar-refractivity contribution in [1.29, 1.82) is 0 Å². The maximum Gasteiger partial charge on any atom is 0.335 e. The van der Waals surface area contributed by atoms with Crippen molar-refractivity contribution in [3.05, 3.63) is 0 Å². The third-order valence-corrected chi connectivity index (χ3v) is 3.74. The molecular weight excluding hydrogens is 228 g/mol. The lowest BCUT2D eigenvalue weighted by molar-refractivity contribution is -0.163. The van der Waals surface area contributed by atoms with Gasteiger partial charge in [0.25, 0.3) is 0 Å². The van der Waals surface area contributed by atoms with Gasteiger partial charge in [0.1, 0.15) is 0 Å². The number of rotatable bonds is 6. The van der Waals surface area contributed by atoms with Crippen LogP contribution in [0.5, 0.6) is 0 Å². The van der Waals surface area contributed by atoms with Gasteiger partial charge in [-0.3, -0.25) is 0 Å². The van der Waals surface area contributed by atoms with Crippen LogP contribution in [0.25, 0.3) is 0 Å². The second-order valence-electron chi connectivity index (χ2n) is 6.03. The molecule has 0 aromatic rings. The predicted octanol–water partition coefficient (Wildman–Crippen LogP) is 3.70. The fourth-order valence-corrected chi connectivity index (χ4v) is 2.48. The Morgan fingerprint density at radius 3 is 2.39 bits per heavy atom. The third kappa shape index (κ3) is 4.97. The lowest BCUT2D eigenvalue weighted by Crippen LogP contribution is -2.34. The third-order valence-electron chi connectivity index (χ3n) is 3.74. The van der Waals surface area contributed by atoms with Crippen molar-refractivity contribution < 1.29 is 14.3 Å². The summed E-state index contributed by atoms with van der Waals surface area (Å²) in [6.07, 6.45) is 6.07. The molecule has 0 heterocycles. The minimum atomic E-state index is -0.360. The molecule has 0 amide bonds. The molecule has 0 spiro atoms. The van der Waals surface area contributed by atoms with Crippen LogP contribution in [0.1, 0.15) is 66.2 Å². The molecule has 106 valence electrons. The Balaban J connectivity index is 2.44. The largest absolute Gasteiger partial charge is 0.464 e. The van der Waals surface area contributed by atoms with E-state index >= 15 is 0 Å². The zero-order valence-corrected chi connectivity index (χ0v) is 12.3. The summed E-state index contributed by atoms with van der Waals surface area (Å²) in [7, 11) is 0. The van der Waals surface area contributed by atoms with Gasteiger partial charge < -0.3 is 9.47 Å². The summed E-state index contributed by atoms with van der Waals surface area (Å²) < 4.78 is 11.0. The molecule has 1 atom stereocenters. The van der Waals surface area contributed by atoms with Crippen LogP contribution in [0, 0.1) is 5.41 Å². The van der Waals surface area contributed by atoms with Crippen molar-refractivity contribution in [3.8, 4) is 0 Å². The molecule has 0 bridgehead atoms. The Labute approximate surface area is 111 Å². The molecule has 18 heavy (non-hydrogen) atoms. The van der Waals surface area contributed by atoms with Crippen LogP contribution in [0.3, 0.4) is 0 Å². The zero-order chi connectivity index (χ0) is 13.6. The van der Waals surface area contributed by atoms with E-state index in [4.69, 9.17) is 9.47 Å². The number of hydrogen-bond donors (Lipinski definition) is 0. The van der Waals surface area contributed by atoms with Gasteiger partial charge in [-0.1, -0.05) is 27.2 Å². The number of ether oxygens (including phenoxy) is 2. The van der Waals surface area contributed by atoms with Gasteiger partial charge in [0.15, 0.2) is 6.10 Å². The quantitative estimate of drug-likeness (QED) is 0.680. The lowest BCUT2D eigenvalue weighted by atomic mass is 9.76. The lowest BCUT2D eigenvalue weighted by Gasteiger charge is -2.35. The van der Waals surface area contributed by atoms with E-state index in [1.54, 1.807) is 0 Å². The number of carbonyl (C=O) groups excluding carboxylic acids is 1. The number of esters is 1. The van der Waals surface area contributed by atoms with E-state index < -0.39 is 0 Å². The minimum Gasteiger partial charge on any atom is -0.464 e. The normalized spacial score (nSPS) is 21.6. The molecule has 0 aliphatic heterocycles. The van der Waals surface area contributed by atoms with Gasteiger partial charge in [0, 0.05) is 0 Å². The molecule has 0 aromatic carbocycles. The molecule has 1 aliphatic rings. The van der Waals surface area contributed by atoms with E-state index in [0.29, 0.717) is 12.0 Å². The minimum absolute atomic E-state index is 0.191. The van der Waals surface area contributed by atoms with Crippen LogP contribution in [-0.4, -0.2) is 24.8 Å². The fourth-order valence-electron chi connectivity index (χ4n) is 2.48. The summed E-state index contributed by atoms with van der Waals surface area (Å²) in [6.45, 7) is 8.94. The smallest absolute Gasteiger partial charge is 0.335 e. The first-order chi connectivity index (χ1) is 8.48. The van der Waals surface area contributed by atoms with Gasteiger partial charge in [0.05, 0.1) is 12.7 Å². The molecule has 0 saturated heterocycles. The van der Waals surface area contributed by atoms with Gasteiger partial charge in [-0.25, -0.2) is 4.79 Å². The SMILES string of the molecule is CCCC(OC1CCC(C)(C)CC1)C(=O)OCC. The van der Waals surface area contributed by atoms with Crippen LogP contribution in [0.4, 0.5) is 0 Å². The second-order valence-corrected chi connectivity index (χ2v) is 6.03. The van der Waals surface area contributed by atoms with Gasteiger partial charge >= 0.3 is 5.97 Å². The second kappa shape index (κ2) is 7.13. The molecule has 3 nitrogen and oxygen atoms in total. The molecular formula is C15H28O3. The van der Waals surface area contributed by atoms with Crippen LogP contribution in [-0.2, 0) is 14.3 Å². The molecule has 3 heteroatoms. The van der Waals surface area contributed by atoms with Gasteiger partial charge in [-0.2, -0.15) is 0 Å². The maximum atomic E-state index is 11.8. The maximum absolute atomic E-state index is 11.8. The molecule has 1 unspecified atom stereocenters. The molecule has 1 rings (SSSR count). The first kappa shape index (κ1) is 15.5. The summed E-state index contributed by atoms with van der Waals surface area (Å²) in [5, 5.41) is 0. The first-order valence-corrected chi connectivity index (χ1v) is 7.30. The van der Waals surface area contributed by atoms with Crippen LogP contribution in [0.2, 0.25) is 0 Å². The molecule has 0 N–H and O–H groups in total. The highest BCUT2D eigenvalue weighted by atomic mass is 16.6. The van der Waals surface area contributed by atoms with Gasteiger partial charge in [-0.05, 0) is 44.4 Å². The first-order valence-electron chi connectivity index (χ1n) is 7.30. The Bertz CT molecular complexity index is 250. The Morgan fingerprint density at radius 2 is 1.89 bits per heavy atom. The average molecular weight is 256 g/mol. The van der Waals surface area contributed by atoms with Crippen molar-refractivity contribution in [1.82, 2.24) is 0 Å². The molecule has 1 fully saturated rings.